The van der Waals surface area contributed by atoms with Gasteiger partial charge in [-0.15, -0.1) is 0 Å². The molecule has 0 bridgehead atoms. The van der Waals surface area contributed by atoms with Crippen molar-refractivity contribution in [3.05, 3.63) is 0 Å². The van der Waals surface area contributed by atoms with Crippen LogP contribution in [0.15, 0.2) is 0 Å². The van der Waals surface area contributed by atoms with Crippen molar-refractivity contribution >= 4 is 11.9 Å². The van der Waals surface area contributed by atoms with Crippen molar-refractivity contribution in [3.8, 4) is 0 Å². The first-order valence-electron chi connectivity index (χ1n) is 6.92. The van der Waals surface area contributed by atoms with Gasteiger partial charge in [-0.2, -0.15) is 0 Å². The summed E-state index contributed by atoms with van der Waals surface area (Å²) < 4.78 is 5.25. The summed E-state index contributed by atoms with van der Waals surface area (Å²) in [5, 5.41) is 0. The lowest BCUT2D eigenvalue weighted by Gasteiger charge is -2.37. The first kappa shape index (κ1) is 14.1. The molecule has 2 aliphatic rings. The van der Waals surface area contributed by atoms with Crippen molar-refractivity contribution in [1.29, 1.82) is 0 Å². The smallest absolute Gasteiger partial charge is 0.320 e. The number of hydrogen-bond donors (Lipinski definition) is 0. The largest absolute Gasteiger partial charge is 0.378 e. The number of likely N-dealkylation sites (tertiary alicyclic amines) is 1. The standard InChI is InChI=1S/C13H23N3O3/c1-14(2)12(17)11-3-5-15(6-4-11)13(18)16-7-9-19-10-8-16/h11H,3-10H2,1-2H3. The van der Waals surface area contributed by atoms with Crippen LogP contribution in [0.4, 0.5) is 4.79 Å². The summed E-state index contributed by atoms with van der Waals surface area (Å²) in [6, 6.07) is 0.0963. The van der Waals surface area contributed by atoms with Crippen LogP contribution in [-0.2, 0) is 9.53 Å². The minimum atomic E-state index is 0.0729. The Bertz CT molecular complexity index is 332. The highest BCUT2D eigenvalue weighted by Gasteiger charge is 2.30. The summed E-state index contributed by atoms with van der Waals surface area (Å²) in [6.07, 6.45) is 1.54. The van der Waals surface area contributed by atoms with Gasteiger partial charge in [0.05, 0.1) is 13.2 Å². The van der Waals surface area contributed by atoms with E-state index in [0.29, 0.717) is 39.4 Å². The third-order valence-electron chi connectivity index (χ3n) is 3.84. The van der Waals surface area contributed by atoms with Crippen LogP contribution in [0.1, 0.15) is 12.8 Å². The fraction of sp³-hybridized carbons (Fsp3) is 0.846. The van der Waals surface area contributed by atoms with Crippen LogP contribution >= 0.6 is 0 Å². The van der Waals surface area contributed by atoms with E-state index in [1.807, 2.05) is 9.80 Å². The molecular formula is C13H23N3O3. The first-order valence-corrected chi connectivity index (χ1v) is 6.92. The van der Waals surface area contributed by atoms with Gasteiger partial charge in [0.25, 0.3) is 0 Å². The predicted octanol–water partition coefficient (Wildman–Crippen LogP) is 0.239. The van der Waals surface area contributed by atoms with E-state index in [9.17, 15) is 9.59 Å². The number of ether oxygens (including phenoxy) is 1. The molecule has 3 amide bonds. The summed E-state index contributed by atoms with van der Waals surface area (Å²) in [5.74, 6) is 0.252. The predicted molar refractivity (Wildman–Crippen MR) is 70.8 cm³/mol. The Kier molecular flexibility index (Phi) is 4.63. The maximum atomic E-state index is 12.3. The lowest BCUT2D eigenvalue weighted by molar-refractivity contribution is -0.134. The molecule has 2 fully saturated rings. The fourth-order valence-electron chi connectivity index (χ4n) is 2.64. The molecule has 6 heteroatoms. The van der Waals surface area contributed by atoms with Gasteiger partial charge in [-0.3, -0.25) is 4.79 Å². The summed E-state index contributed by atoms with van der Waals surface area (Å²) in [5.41, 5.74) is 0. The Hall–Kier alpha value is -1.30. The second-order valence-electron chi connectivity index (χ2n) is 5.38. The van der Waals surface area contributed by atoms with Crippen molar-refractivity contribution in [1.82, 2.24) is 14.7 Å². The molecule has 0 N–H and O–H groups in total. The Balaban J connectivity index is 1.82. The zero-order chi connectivity index (χ0) is 13.8. The maximum absolute atomic E-state index is 12.3. The van der Waals surface area contributed by atoms with Crippen molar-refractivity contribution in [2.45, 2.75) is 12.8 Å². The van der Waals surface area contributed by atoms with E-state index in [4.69, 9.17) is 4.74 Å². The van der Waals surface area contributed by atoms with Gasteiger partial charge >= 0.3 is 6.03 Å². The van der Waals surface area contributed by atoms with Gasteiger partial charge in [-0.05, 0) is 12.8 Å². The summed E-state index contributed by atoms with van der Waals surface area (Å²) in [4.78, 5) is 29.5. The molecule has 2 heterocycles. The molecule has 0 saturated carbocycles. The first-order chi connectivity index (χ1) is 9.09. The van der Waals surface area contributed by atoms with Crippen LogP contribution in [0.2, 0.25) is 0 Å². The Morgan fingerprint density at radius 2 is 1.53 bits per heavy atom. The molecule has 0 atom stereocenters. The van der Waals surface area contributed by atoms with E-state index in [2.05, 4.69) is 0 Å². The molecule has 0 aliphatic carbocycles. The SMILES string of the molecule is CN(C)C(=O)C1CCN(C(=O)N2CCOCC2)CC1. The van der Waals surface area contributed by atoms with E-state index in [0.717, 1.165) is 12.8 Å². The molecule has 0 radical (unpaired) electrons. The molecule has 6 nitrogen and oxygen atoms in total. The second-order valence-corrected chi connectivity index (χ2v) is 5.38. The van der Waals surface area contributed by atoms with Gasteiger partial charge in [-0.1, -0.05) is 0 Å². The summed E-state index contributed by atoms with van der Waals surface area (Å²) in [7, 11) is 3.57. The number of carbonyl (C=O) groups is 2. The Morgan fingerprint density at radius 1 is 1.00 bits per heavy atom. The molecule has 108 valence electrons. The van der Waals surface area contributed by atoms with E-state index >= 15 is 0 Å². The van der Waals surface area contributed by atoms with Gasteiger partial charge in [0.2, 0.25) is 5.91 Å². The van der Waals surface area contributed by atoms with Gasteiger partial charge in [-0.25, -0.2) is 4.79 Å². The van der Waals surface area contributed by atoms with E-state index in [1.54, 1.807) is 19.0 Å². The zero-order valence-electron chi connectivity index (χ0n) is 11.8. The van der Waals surface area contributed by atoms with Crippen LogP contribution in [0.25, 0.3) is 0 Å². The molecule has 0 aromatic carbocycles. The van der Waals surface area contributed by atoms with Crippen molar-refractivity contribution in [3.63, 3.8) is 0 Å². The Morgan fingerprint density at radius 3 is 2.05 bits per heavy atom. The number of piperidine rings is 1. The lowest BCUT2D eigenvalue weighted by atomic mass is 9.96. The number of hydrogen-bond acceptors (Lipinski definition) is 3. The average molecular weight is 269 g/mol. The Labute approximate surface area is 114 Å². The zero-order valence-corrected chi connectivity index (χ0v) is 11.8. The van der Waals surface area contributed by atoms with Crippen molar-refractivity contribution in [2.24, 2.45) is 5.92 Å². The molecule has 2 aliphatic heterocycles. The fourth-order valence-corrected chi connectivity index (χ4v) is 2.64. The van der Waals surface area contributed by atoms with E-state index in [1.165, 1.54) is 0 Å². The maximum Gasteiger partial charge on any atom is 0.320 e. The molecule has 0 spiro atoms. The number of urea groups is 1. The van der Waals surface area contributed by atoms with Crippen molar-refractivity contribution in [2.75, 3.05) is 53.5 Å². The van der Waals surface area contributed by atoms with Crippen LogP contribution in [0.3, 0.4) is 0 Å². The minimum absolute atomic E-state index is 0.0729. The molecule has 2 rings (SSSR count). The monoisotopic (exact) mass is 269 g/mol. The van der Waals surface area contributed by atoms with Gasteiger partial charge < -0.3 is 19.4 Å². The topological polar surface area (TPSA) is 53.1 Å². The van der Waals surface area contributed by atoms with Crippen LogP contribution < -0.4 is 0 Å². The van der Waals surface area contributed by atoms with Gasteiger partial charge in [0, 0.05) is 46.2 Å². The number of morpholine rings is 1. The number of rotatable bonds is 1. The molecule has 0 unspecified atom stereocenters. The minimum Gasteiger partial charge on any atom is -0.378 e. The van der Waals surface area contributed by atoms with E-state index < -0.39 is 0 Å². The molecule has 19 heavy (non-hydrogen) atoms. The summed E-state index contributed by atoms with van der Waals surface area (Å²) in [6.45, 7) is 3.97. The van der Waals surface area contributed by atoms with Gasteiger partial charge in [0.15, 0.2) is 0 Å². The highest BCUT2D eigenvalue weighted by Crippen LogP contribution is 2.20. The second kappa shape index (κ2) is 6.23. The lowest BCUT2D eigenvalue weighted by Crippen LogP contribution is -2.51. The van der Waals surface area contributed by atoms with Crippen LogP contribution in [0, 0.1) is 5.92 Å². The molecular weight excluding hydrogens is 246 g/mol. The van der Waals surface area contributed by atoms with Crippen molar-refractivity contribution < 1.29 is 14.3 Å². The normalized spacial score (nSPS) is 21.4. The third-order valence-corrected chi connectivity index (χ3v) is 3.84. The molecule has 2 saturated heterocycles. The molecule has 0 aromatic heterocycles. The average Bonchev–Trinajstić information content (AvgIpc) is 2.46. The van der Waals surface area contributed by atoms with Crippen LogP contribution in [-0.4, -0.2) is 80.1 Å². The molecule has 0 aromatic rings. The number of amides is 3. The quantitative estimate of drug-likeness (QED) is 0.685. The highest BCUT2D eigenvalue weighted by molar-refractivity contribution is 5.79. The summed E-state index contributed by atoms with van der Waals surface area (Å²) >= 11 is 0. The number of carbonyl (C=O) groups excluding carboxylic acids is 2. The van der Waals surface area contributed by atoms with Gasteiger partial charge in [0.1, 0.15) is 0 Å². The van der Waals surface area contributed by atoms with E-state index in [-0.39, 0.29) is 17.9 Å². The third kappa shape index (κ3) is 3.37. The highest BCUT2D eigenvalue weighted by atomic mass is 16.5. The van der Waals surface area contributed by atoms with Crippen LogP contribution in [0.5, 0.6) is 0 Å². The number of nitrogens with zero attached hydrogens (tertiary/aromatic N) is 3.